The van der Waals surface area contributed by atoms with Crippen LogP contribution in [0.4, 0.5) is 5.69 Å². The average molecular weight is 417 g/mol. The molecular weight excluding hydrogens is 392 g/mol. The zero-order valence-corrected chi connectivity index (χ0v) is 18.1. The van der Waals surface area contributed by atoms with E-state index >= 15 is 0 Å². The van der Waals surface area contributed by atoms with Crippen molar-refractivity contribution in [2.75, 3.05) is 19.0 Å². The van der Waals surface area contributed by atoms with Gasteiger partial charge in [0.1, 0.15) is 0 Å². The largest absolute Gasteiger partial charge is 0.378 e. The van der Waals surface area contributed by atoms with Crippen molar-refractivity contribution in [3.63, 3.8) is 0 Å². The number of thioether (sulfide) groups is 1. The van der Waals surface area contributed by atoms with E-state index in [9.17, 15) is 4.79 Å². The fourth-order valence-corrected chi connectivity index (χ4v) is 4.33. The Hall–Kier alpha value is -3.12. The Morgan fingerprint density at radius 2 is 1.77 bits per heavy atom. The van der Waals surface area contributed by atoms with E-state index in [0.717, 1.165) is 22.2 Å². The highest BCUT2D eigenvalue weighted by molar-refractivity contribution is 8.15. The molecule has 0 spiro atoms. The van der Waals surface area contributed by atoms with E-state index in [2.05, 4.69) is 39.4 Å². The molecule has 0 saturated carbocycles. The van der Waals surface area contributed by atoms with Gasteiger partial charge in [-0.3, -0.25) is 9.69 Å². The summed E-state index contributed by atoms with van der Waals surface area (Å²) in [4.78, 5) is 16.5. The van der Waals surface area contributed by atoms with Gasteiger partial charge in [0.25, 0.3) is 0 Å². The smallest absolute Gasteiger partial charge is 0.242 e. The summed E-state index contributed by atoms with van der Waals surface area (Å²) < 4.78 is 0. The van der Waals surface area contributed by atoms with E-state index in [-0.39, 0.29) is 11.2 Å². The molecule has 1 atom stereocenters. The molecule has 0 aliphatic carbocycles. The van der Waals surface area contributed by atoms with Crippen LogP contribution in [-0.4, -0.2) is 41.5 Å². The molecule has 152 valence electrons. The molecule has 6 heteroatoms. The minimum absolute atomic E-state index is 0.0669. The number of amidine groups is 1. The molecule has 4 rings (SSSR count). The van der Waals surface area contributed by atoms with E-state index in [1.165, 1.54) is 17.1 Å². The molecule has 1 fully saturated rings. The summed E-state index contributed by atoms with van der Waals surface area (Å²) in [5.74, 6) is 0.0669. The fraction of sp³-hybridized carbons (Fsp3) is 0.208. The molecule has 30 heavy (non-hydrogen) atoms. The average Bonchev–Trinajstić information content (AvgIpc) is 3.02. The van der Waals surface area contributed by atoms with Crippen LogP contribution in [0, 0.1) is 0 Å². The summed E-state index contributed by atoms with van der Waals surface area (Å²) in [6.45, 7) is 2.40. The van der Waals surface area contributed by atoms with Gasteiger partial charge >= 0.3 is 0 Å². The number of hydrogen-bond acceptors (Lipinski definition) is 5. The maximum absolute atomic E-state index is 12.8. The van der Waals surface area contributed by atoms with Crippen LogP contribution in [0.1, 0.15) is 18.1 Å². The van der Waals surface area contributed by atoms with Gasteiger partial charge in [-0.1, -0.05) is 66.4 Å². The van der Waals surface area contributed by atoms with Gasteiger partial charge in [0.2, 0.25) is 5.91 Å². The monoisotopic (exact) mass is 416 g/mol. The van der Waals surface area contributed by atoms with E-state index in [1.807, 2.05) is 63.5 Å². The second-order valence-electron chi connectivity index (χ2n) is 7.44. The highest BCUT2D eigenvalue weighted by Gasteiger charge is 2.35. The first-order chi connectivity index (χ1) is 14.5. The highest BCUT2D eigenvalue weighted by atomic mass is 32.2. The van der Waals surface area contributed by atoms with E-state index < -0.39 is 0 Å². The lowest BCUT2D eigenvalue weighted by Crippen LogP contribution is -2.30. The molecule has 1 aliphatic rings. The minimum atomic E-state index is -0.159. The molecule has 1 amide bonds. The lowest BCUT2D eigenvalue weighted by atomic mass is 10.0. The maximum Gasteiger partial charge on any atom is 0.242 e. The Labute approximate surface area is 181 Å². The van der Waals surface area contributed by atoms with Gasteiger partial charge in [-0.15, -0.1) is 5.10 Å². The minimum Gasteiger partial charge on any atom is -0.378 e. The Morgan fingerprint density at radius 1 is 1.03 bits per heavy atom. The summed E-state index contributed by atoms with van der Waals surface area (Å²) in [5.41, 5.74) is 3.20. The number of fused-ring (bicyclic) bond motifs is 1. The Bertz CT molecular complexity index is 1120. The third-order valence-electron chi connectivity index (χ3n) is 5.09. The van der Waals surface area contributed by atoms with Crippen LogP contribution in [0.5, 0.6) is 0 Å². The van der Waals surface area contributed by atoms with Crippen molar-refractivity contribution < 1.29 is 4.79 Å². The van der Waals surface area contributed by atoms with Gasteiger partial charge in [-0.05, 0) is 41.0 Å². The van der Waals surface area contributed by atoms with Crippen LogP contribution in [0.25, 0.3) is 10.8 Å². The maximum atomic E-state index is 12.8. The molecule has 1 aliphatic heterocycles. The van der Waals surface area contributed by atoms with E-state index in [0.29, 0.717) is 11.7 Å². The van der Waals surface area contributed by atoms with Crippen molar-refractivity contribution in [1.82, 2.24) is 4.90 Å². The first kappa shape index (κ1) is 20.2. The Kier molecular flexibility index (Phi) is 5.86. The summed E-state index contributed by atoms with van der Waals surface area (Å²) in [6, 6.07) is 22.5. The standard InChI is InChI=1S/C24H24N4OS/c1-17-23(29)28(16-20-9-6-8-19-7-4-5-10-22(19)20)24(30-17)26-25-15-18-11-13-21(14-12-18)27(2)3/h4-15,17H,16H2,1-3H3/b25-15-,26-24+/t17-/m1/s1. The third kappa shape index (κ3) is 4.24. The van der Waals surface area contributed by atoms with Gasteiger partial charge in [0.05, 0.1) is 18.0 Å². The van der Waals surface area contributed by atoms with Crippen molar-refractivity contribution >= 4 is 45.5 Å². The van der Waals surface area contributed by atoms with Gasteiger partial charge < -0.3 is 4.90 Å². The first-order valence-electron chi connectivity index (χ1n) is 9.86. The number of anilines is 1. The predicted molar refractivity (Wildman–Crippen MR) is 127 cm³/mol. The Balaban J connectivity index is 1.56. The summed E-state index contributed by atoms with van der Waals surface area (Å²) in [7, 11) is 4.02. The van der Waals surface area contributed by atoms with Crippen LogP contribution < -0.4 is 4.90 Å². The molecule has 0 N–H and O–H groups in total. The summed E-state index contributed by atoms with van der Waals surface area (Å²) in [5, 5.41) is 11.4. The molecule has 0 unspecified atom stereocenters. The molecule has 0 aromatic heterocycles. The van der Waals surface area contributed by atoms with Crippen LogP contribution in [-0.2, 0) is 11.3 Å². The van der Waals surface area contributed by atoms with Crippen LogP contribution in [0.2, 0.25) is 0 Å². The number of rotatable bonds is 5. The molecule has 1 heterocycles. The van der Waals surface area contributed by atoms with Crippen molar-refractivity contribution in [2.24, 2.45) is 10.2 Å². The fourth-order valence-electron chi connectivity index (χ4n) is 3.41. The van der Waals surface area contributed by atoms with Crippen molar-refractivity contribution in [3.05, 3.63) is 77.9 Å². The summed E-state index contributed by atoms with van der Waals surface area (Å²) >= 11 is 1.45. The van der Waals surface area contributed by atoms with Crippen LogP contribution in [0.15, 0.2) is 76.9 Å². The molecule has 3 aromatic rings. The lowest BCUT2D eigenvalue weighted by Gasteiger charge is -2.17. The second kappa shape index (κ2) is 8.71. The van der Waals surface area contributed by atoms with Crippen molar-refractivity contribution in [3.8, 4) is 0 Å². The van der Waals surface area contributed by atoms with Crippen molar-refractivity contribution in [2.45, 2.75) is 18.7 Å². The number of benzene rings is 3. The van der Waals surface area contributed by atoms with E-state index in [1.54, 1.807) is 11.1 Å². The van der Waals surface area contributed by atoms with Gasteiger partial charge in [-0.2, -0.15) is 5.10 Å². The molecule has 0 radical (unpaired) electrons. The van der Waals surface area contributed by atoms with Crippen LogP contribution in [0.3, 0.4) is 0 Å². The van der Waals surface area contributed by atoms with Gasteiger partial charge in [0, 0.05) is 19.8 Å². The Morgan fingerprint density at radius 3 is 2.53 bits per heavy atom. The third-order valence-corrected chi connectivity index (χ3v) is 6.16. The molecule has 3 aromatic carbocycles. The zero-order chi connectivity index (χ0) is 21.1. The zero-order valence-electron chi connectivity index (χ0n) is 17.3. The predicted octanol–water partition coefficient (Wildman–Crippen LogP) is 4.76. The first-order valence-corrected chi connectivity index (χ1v) is 10.7. The molecule has 0 bridgehead atoms. The second-order valence-corrected chi connectivity index (χ2v) is 8.74. The molecular formula is C24H24N4OS. The number of carbonyl (C=O) groups excluding carboxylic acids is 1. The highest BCUT2D eigenvalue weighted by Crippen LogP contribution is 2.30. The quantitative estimate of drug-likeness (QED) is 0.445. The van der Waals surface area contributed by atoms with Gasteiger partial charge in [0.15, 0.2) is 5.17 Å². The van der Waals surface area contributed by atoms with Crippen LogP contribution >= 0.6 is 11.8 Å². The van der Waals surface area contributed by atoms with E-state index in [4.69, 9.17) is 0 Å². The number of amides is 1. The topological polar surface area (TPSA) is 48.3 Å². The van der Waals surface area contributed by atoms with Gasteiger partial charge in [-0.25, -0.2) is 0 Å². The molecule has 1 saturated heterocycles. The normalized spacial score (nSPS) is 18.1. The number of hydrogen-bond donors (Lipinski definition) is 0. The number of carbonyl (C=O) groups is 1. The number of nitrogens with zero attached hydrogens (tertiary/aromatic N) is 4. The molecule has 5 nitrogen and oxygen atoms in total. The lowest BCUT2D eigenvalue weighted by molar-refractivity contribution is -0.126. The summed E-state index contributed by atoms with van der Waals surface area (Å²) in [6.07, 6.45) is 1.72. The van der Waals surface area contributed by atoms with Crippen molar-refractivity contribution in [1.29, 1.82) is 0 Å². The SMILES string of the molecule is C[C@H]1S/C(=N/N=C\c2ccc(N(C)C)cc2)N(Cc2cccc3ccccc23)C1=O.